The van der Waals surface area contributed by atoms with Crippen LogP contribution in [0.15, 0.2) is 54.9 Å². The van der Waals surface area contributed by atoms with E-state index in [0.717, 1.165) is 5.56 Å². The lowest BCUT2D eigenvalue weighted by atomic mass is 10.1. The third-order valence-corrected chi connectivity index (χ3v) is 4.08. The van der Waals surface area contributed by atoms with Gasteiger partial charge in [-0.2, -0.15) is 5.10 Å². The lowest BCUT2D eigenvalue weighted by Crippen LogP contribution is -2.12. The Kier molecular flexibility index (Phi) is 4.74. The number of anilines is 2. The molecule has 3 N–H and O–H groups in total. The molecule has 0 saturated heterocycles. The molecule has 3 aromatic rings. The Labute approximate surface area is 149 Å². The highest BCUT2D eigenvalue weighted by Gasteiger charge is 2.10. The molecule has 122 valence electrons. The lowest BCUT2D eigenvalue weighted by Gasteiger charge is -2.09. The third kappa shape index (κ3) is 3.69. The summed E-state index contributed by atoms with van der Waals surface area (Å²) in [4.78, 5) is 12.3. The first-order valence-corrected chi connectivity index (χ1v) is 7.91. The lowest BCUT2D eigenvalue weighted by molar-refractivity contribution is 0.102. The molecule has 0 aliphatic carbocycles. The van der Waals surface area contributed by atoms with Gasteiger partial charge in [-0.3, -0.25) is 9.48 Å². The van der Waals surface area contributed by atoms with Gasteiger partial charge in [-0.1, -0.05) is 35.3 Å². The quantitative estimate of drug-likeness (QED) is 0.688. The fraction of sp³-hybridized carbons (Fsp3) is 0.0588. The number of rotatable bonds is 4. The van der Waals surface area contributed by atoms with Crippen molar-refractivity contribution in [3.8, 4) is 0 Å². The molecular formula is C17H14Cl2N4O. The zero-order valence-electron chi connectivity index (χ0n) is 12.5. The summed E-state index contributed by atoms with van der Waals surface area (Å²) >= 11 is 11.9. The number of nitrogens with zero attached hydrogens (tertiary/aromatic N) is 2. The summed E-state index contributed by atoms with van der Waals surface area (Å²) in [5.74, 6) is -0.252. The van der Waals surface area contributed by atoms with Crippen molar-refractivity contribution >= 4 is 40.5 Å². The molecular weight excluding hydrogens is 347 g/mol. The maximum absolute atomic E-state index is 12.3. The number of nitrogens with one attached hydrogen (secondary N) is 1. The zero-order chi connectivity index (χ0) is 17.1. The number of aromatic nitrogens is 2. The summed E-state index contributed by atoms with van der Waals surface area (Å²) in [5, 5.41) is 7.50. The van der Waals surface area contributed by atoms with Crippen LogP contribution in [-0.2, 0) is 6.54 Å². The standard InChI is InChI=1S/C17H14Cl2N4O/c18-14-8-13(9-15(19)16(14)20)22-17(24)12-4-2-11(3-5-12)10-23-7-1-6-21-23/h1-9H,10,20H2,(H,22,24). The van der Waals surface area contributed by atoms with Gasteiger partial charge in [-0.15, -0.1) is 0 Å². The van der Waals surface area contributed by atoms with Crippen molar-refractivity contribution in [1.29, 1.82) is 0 Å². The molecule has 3 rings (SSSR count). The van der Waals surface area contributed by atoms with E-state index < -0.39 is 0 Å². The van der Waals surface area contributed by atoms with E-state index in [4.69, 9.17) is 28.9 Å². The van der Waals surface area contributed by atoms with Crippen LogP contribution >= 0.6 is 23.2 Å². The summed E-state index contributed by atoms with van der Waals surface area (Å²) in [5.41, 5.74) is 8.04. The molecule has 0 saturated carbocycles. The number of nitrogen functional groups attached to an aromatic ring is 1. The first-order valence-electron chi connectivity index (χ1n) is 7.15. The number of carbonyl (C=O) groups is 1. The van der Waals surface area contributed by atoms with Gasteiger partial charge in [0, 0.05) is 23.6 Å². The van der Waals surface area contributed by atoms with Crippen LogP contribution in [-0.4, -0.2) is 15.7 Å². The molecule has 5 nitrogen and oxygen atoms in total. The summed E-state index contributed by atoms with van der Waals surface area (Å²) in [6.07, 6.45) is 3.61. The van der Waals surface area contributed by atoms with E-state index in [1.165, 1.54) is 0 Å². The predicted molar refractivity (Wildman–Crippen MR) is 96.6 cm³/mol. The highest BCUT2D eigenvalue weighted by molar-refractivity contribution is 6.39. The van der Waals surface area contributed by atoms with E-state index in [1.807, 2.05) is 29.1 Å². The molecule has 0 bridgehead atoms. The van der Waals surface area contributed by atoms with Gasteiger partial charge in [0.1, 0.15) is 0 Å². The smallest absolute Gasteiger partial charge is 0.255 e. The molecule has 1 amide bonds. The number of amides is 1. The molecule has 7 heteroatoms. The first kappa shape index (κ1) is 16.4. The zero-order valence-corrected chi connectivity index (χ0v) is 14.1. The Balaban J connectivity index is 1.71. The fourth-order valence-corrected chi connectivity index (χ4v) is 2.69. The summed E-state index contributed by atoms with van der Waals surface area (Å²) < 4.78 is 1.81. The molecule has 0 fully saturated rings. The Bertz CT molecular complexity index is 838. The van der Waals surface area contributed by atoms with E-state index in [0.29, 0.717) is 33.5 Å². The van der Waals surface area contributed by atoms with E-state index in [1.54, 1.807) is 30.5 Å². The molecule has 0 aliphatic rings. The number of benzene rings is 2. The van der Waals surface area contributed by atoms with Gasteiger partial charge in [0.15, 0.2) is 0 Å². The maximum Gasteiger partial charge on any atom is 0.255 e. The van der Waals surface area contributed by atoms with E-state index in [2.05, 4.69) is 10.4 Å². The highest BCUT2D eigenvalue weighted by atomic mass is 35.5. The third-order valence-electron chi connectivity index (χ3n) is 3.46. The molecule has 1 aromatic heterocycles. The largest absolute Gasteiger partial charge is 0.396 e. The molecule has 0 atom stereocenters. The van der Waals surface area contributed by atoms with Crippen LogP contribution < -0.4 is 11.1 Å². The maximum atomic E-state index is 12.3. The Morgan fingerprint density at radius 2 is 1.83 bits per heavy atom. The summed E-state index contributed by atoms with van der Waals surface area (Å²) in [6, 6.07) is 12.3. The van der Waals surface area contributed by atoms with Gasteiger partial charge in [0.2, 0.25) is 0 Å². The van der Waals surface area contributed by atoms with Crippen molar-refractivity contribution in [2.75, 3.05) is 11.1 Å². The second-order valence-corrected chi connectivity index (χ2v) is 6.02. The normalized spacial score (nSPS) is 10.6. The highest BCUT2D eigenvalue weighted by Crippen LogP contribution is 2.31. The van der Waals surface area contributed by atoms with Gasteiger partial charge in [0.05, 0.1) is 22.3 Å². The summed E-state index contributed by atoms with van der Waals surface area (Å²) in [7, 11) is 0. The number of carbonyl (C=O) groups excluding carboxylic acids is 1. The number of hydrogen-bond acceptors (Lipinski definition) is 3. The van der Waals surface area contributed by atoms with Crippen LogP contribution in [0.2, 0.25) is 10.0 Å². The molecule has 0 spiro atoms. The van der Waals surface area contributed by atoms with Gasteiger partial charge in [0.25, 0.3) is 5.91 Å². The second-order valence-electron chi connectivity index (χ2n) is 5.21. The predicted octanol–water partition coefficient (Wildman–Crippen LogP) is 4.07. The van der Waals surface area contributed by atoms with Crippen LogP contribution in [0.4, 0.5) is 11.4 Å². The van der Waals surface area contributed by atoms with Gasteiger partial charge in [-0.05, 0) is 35.9 Å². The topological polar surface area (TPSA) is 72.9 Å². The van der Waals surface area contributed by atoms with Crippen LogP contribution in [0.1, 0.15) is 15.9 Å². The van der Waals surface area contributed by atoms with Crippen molar-refractivity contribution in [2.24, 2.45) is 0 Å². The van der Waals surface area contributed by atoms with E-state index >= 15 is 0 Å². The van der Waals surface area contributed by atoms with Crippen LogP contribution in [0, 0.1) is 0 Å². The van der Waals surface area contributed by atoms with Crippen molar-refractivity contribution in [3.63, 3.8) is 0 Å². The number of nitrogens with two attached hydrogens (primary N) is 1. The number of halogens is 2. The SMILES string of the molecule is Nc1c(Cl)cc(NC(=O)c2ccc(Cn3cccn3)cc2)cc1Cl. The second kappa shape index (κ2) is 6.95. The molecule has 1 heterocycles. The van der Waals surface area contributed by atoms with Crippen LogP contribution in [0.3, 0.4) is 0 Å². The summed E-state index contributed by atoms with van der Waals surface area (Å²) in [6.45, 7) is 0.651. The van der Waals surface area contributed by atoms with Crippen molar-refractivity contribution in [3.05, 3.63) is 76.0 Å². The minimum atomic E-state index is -0.252. The average Bonchev–Trinajstić information content (AvgIpc) is 3.06. The molecule has 24 heavy (non-hydrogen) atoms. The first-order chi connectivity index (χ1) is 11.5. The molecule has 0 radical (unpaired) electrons. The van der Waals surface area contributed by atoms with E-state index in [9.17, 15) is 4.79 Å². The Morgan fingerprint density at radius 3 is 2.42 bits per heavy atom. The van der Waals surface area contributed by atoms with Crippen LogP contribution in [0.5, 0.6) is 0 Å². The van der Waals surface area contributed by atoms with Crippen molar-refractivity contribution in [2.45, 2.75) is 6.54 Å². The van der Waals surface area contributed by atoms with Gasteiger partial charge in [-0.25, -0.2) is 0 Å². The monoisotopic (exact) mass is 360 g/mol. The van der Waals surface area contributed by atoms with Crippen LogP contribution in [0.25, 0.3) is 0 Å². The van der Waals surface area contributed by atoms with Crippen molar-refractivity contribution < 1.29 is 4.79 Å². The van der Waals surface area contributed by atoms with Crippen molar-refractivity contribution in [1.82, 2.24) is 9.78 Å². The minimum absolute atomic E-state index is 0.252. The minimum Gasteiger partial charge on any atom is -0.396 e. The molecule has 2 aromatic carbocycles. The Hall–Kier alpha value is -2.50. The average molecular weight is 361 g/mol. The van der Waals surface area contributed by atoms with E-state index in [-0.39, 0.29) is 5.91 Å². The Morgan fingerprint density at radius 1 is 1.17 bits per heavy atom. The number of hydrogen-bond donors (Lipinski definition) is 2. The molecule has 0 aliphatic heterocycles. The van der Waals surface area contributed by atoms with Gasteiger partial charge >= 0.3 is 0 Å². The molecule has 0 unspecified atom stereocenters. The van der Waals surface area contributed by atoms with Gasteiger partial charge < -0.3 is 11.1 Å². The fourth-order valence-electron chi connectivity index (χ4n) is 2.20.